The first-order valence-electron chi connectivity index (χ1n) is 6.56. The maximum absolute atomic E-state index is 12.0. The smallest absolute Gasteiger partial charge is 0.251 e. The maximum atomic E-state index is 12.0. The summed E-state index contributed by atoms with van der Waals surface area (Å²) in [5, 5.41) is 2.97. The summed E-state index contributed by atoms with van der Waals surface area (Å²) in [4.78, 5) is 12.0. The Kier molecular flexibility index (Phi) is 5.35. The number of amides is 1. The molecule has 0 atom stereocenters. The van der Waals surface area contributed by atoms with Gasteiger partial charge in [0.2, 0.25) is 0 Å². The van der Waals surface area contributed by atoms with Crippen molar-refractivity contribution in [2.75, 3.05) is 13.1 Å². The summed E-state index contributed by atoms with van der Waals surface area (Å²) in [6.45, 7) is 7.62. The van der Waals surface area contributed by atoms with Gasteiger partial charge in [-0.05, 0) is 42.5 Å². The predicted molar refractivity (Wildman–Crippen MR) is 75.6 cm³/mol. The Labute approximate surface area is 110 Å². The lowest BCUT2D eigenvalue weighted by molar-refractivity contribution is 0.0935. The minimum Gasteiger partial charge on any atom is -0.352 e. The third kappa shape index (κ3) is 4.49. The van der Waals surface area contributed by atoms with E-state index in [-0.39, 0.29) is 11.3 Å². The normalized spacial score (nSPS) is 11.3. The number of carbonyl (C=O) groups is 1. The van der Waals surface area contributed by atoms with Crippen molar-refractivity contribution in [2.24, 2.45) is 11.1 Å². The largest absolute Gasteiger partial charge is 0.352 e. The first-order chi connectivity index (χ1) is 8.48. The third-order valence-electron chi connectivity index (χ3n) is 3.17. The number of carbonyl (C=O) groups excluding carboxylic acids is 1. The van der Waals surface area contributed by atoms with Crippen molar-refractivity contribution in [1.29, 1.82) is 0 Å². The number of hydrogen-bond donors (Lipinski definition) is 2. The van der Waals surface area contributed by atoms with Gasteiger partial charge in [-0.25, -0.2) is 0 Å². The quantitative estimate of drug-likeness (QED) is 0.812. The summed E-state index contributed by atoms with van der Waals surface area (Å²) >= 11 is 0. The molecule has 0 unspecified atom stereocenters. The molecule has 1 amide bonds. The minimum absolute atomic E-state index is 0.0113. The van der Waals surface area contributed by atoms with E-state index in [9.17, 15) is 4.79 Å². The zero-order valence-electron chi connectivity index (χ0n) is 11.6. The minimum atomic E-state index is -0.0113. The topological polar surface area (TPSA) is 55.1 Å². The molecule has 3 nitrogen and oxygen atoms in total. The van der Waals surface area contributed by atoms with Crippen LogP contribution < -0.4 is 11.1 Å². The zero-order chi connectivity index (χ0) is 13.6. The summed E-state index contributed by atoms with van der Waals surface area (Å²) in [7, 11) is 0. The van der Waals surface area contributed by atoms with Crippen LogP contribution in [0.2, 0.25) is 0 Å². The summed E-state index contributed by atoms with van der Waals surface area (Å²) in [6, 6.07) is 7.76. The Morgan fingerprint density at radius 1 is 1.28 bits per heavy atom. The molecule has 0 aromatic heterocycles. The Bertz CT molecular complexity index is 382. The van der Waals surface area contributed by atoms with Crippen molar-refractivity contribution < 1.29 is 4.79 Å². The molecular formula is C15H24N2O. The van der Waals surface area contributed by atoms with Crippen LogP contribution in [0.4, 0.5) is 0 Å². The van der Waals surface area contributed by atoms with Crippen LogP contribution in [0.1, 0.15) is 43.1 Å². The average Bonchev–Trinajstić information content (AvgIpc) is 2.36. The van der Waals surface area contributed by atoms with Crippen LogP contribution in [0.25, 0.3) is 0 Å². The van der Waals surface area contributed by atoms with Gasteiger partial charge in [0.05, 0.1) is 0 Å². The van der Waals surface area contributed by atoms with E-state index in [2.05, 4.69) is 26.1 Å². The SMILES string of the molecule is CCc1ccc(C(=O)NCC(C)(C)CCN)cc1. The first kappa shape index (κ1) is 14.7. The van der Waals surface area contributed by atoms with Gasteiger partial charge in [-0.3, -0.25) is 4.79 Å². The van der Waals surface area contributed by atoms with E-state index in [0.717, 1.165) is 18.4 Å². The van der Waals surface area contributed by atoms with Crippen molar-refractivity contribution >= 4 is 5.91 Å². The Morgan fingerprint density at radius 2 is 1.89 bits per heavy atom. The molecule has 1 rings (SSSR count). The molecule has 1 aromatic rings. The molecule has 0 aliphatic carbocycles. The fraction of sp³-hybridized carbons (Fsp3) is 0.533. The van der Waals surface area contributed by atoms with Crippen LogP contribution in [-0.2, 0) is 6.42 Å². The van der Waals surface area contributed by atoms with E-state index in [1.807, 2.05) is 24.3 Å². The number of benzene rings is 1. The van der Waals surface area contributed by atoms with Crippen molar-refractivity contribution in [1.82, 2.24) is 5.32 Å². The van der Waals surface area contributed by atoms with Gasteiger partial charge >= 0.3 is 0 Å². The number of rotatable bonds is 6. The van der Waals surface area contributed by atoms with E-state index in [4.69, 9.17) is 5.73 Å². The molecule has 0 radical (unpaired) electrons. The lowest BCUT2D eigenvalue weighted by Gasteiger charge is -2.24. The first-order valence-corrected chi connectivity index (χ1v) is 6.56. The predicted octanol–water partition coefficient (Wildman–Crippen LogP) is 2.35. The van der Waals surface area contributed by atoms with Crippen LogP contribution in [0, 0.1) is 5.41 Å². The van der Waals surface area contributed by atoms with Crippen LogP contribution in [-0.4, -0.2) is 19.0 Å². The Morgan fingerprint density at radius 3 is 2.39 bits per heavy atom. The maximum Gasteiger partial charge on any atom is 0.251 e. The fourth-order valence-electron chi connectivity index (χ4n) is 1.79. The highest BCUT2D eigenvalue weighted by Crippen LogP contribution is 2.17. The third-order valence-corrected chi connectivity index (χ3v) is 3.17. The molecule has 0 spiro atoms. The number of hydrogen-bond acceptors (Lipinski definition) is 2. The molecule has 0 bridgehead atoms. The summed E-state index contributed by atoms with van der Waals surface area (Å²) < 4.78 is 0. The average molecular weight is 248 g/mol. The van der Waals surface area contributed by atoms with Crippen molar-refractivity contribution in [2.45, 2.75) is 33.6 Å². The molecule has 100 valence electrons. The highest BCUT2D eigenvalue weighted by atomic mass is 16.1. The zero-order valence-corrected chi connectivity index (χ0v) is 11.6. The highest BCUT2D eigenvalue weighted by molar-refractivity contribution is 5.94. The second kappa shape index (κ2) is 6.55. The molecule has 0 aliphatic heterocycles. The lowest BCUT2D eigenvalue weighted by Crippen LogP contribution is -2.35. The molecule has 0 fully saturated rings. The molecule has 0 saturated heterocycles. The van der Waals surface area contributed by atoms with Gasteiger partial charge in [0, 0.05) is 12.1 Å². The van der Waals surface area contributed by atoms with Gasteiger partial charge in [0.1, 0.15) is 0 Å². The van der Waals surface area contributed by atoms with Gasteiger partial charge in [-0.2, -0.15) is 0 Å². The monoisotopic (exact) mass is 248 g/mol. The van der Waals surface area contributed by atoms with Crippen LogP contribution in [0.3, 0.4) is 0 Å². The molecule has 0 aliphatic rings. The van der Waals surface area contributed by atoms with E-state index < -0.39 is 0 Å². The lowest BCUT2D eigenvalue weighted by atomic mass is 9.89. The second-order valence-corrected chi connectivity index (χ2v) is 5.44. The van der Waals surface area contributed by atoms with Crippen molar-refractivity contribution in [3.05, 3.63) is 35.4 Å². The summed E-state index contributed by atoms with van der Waals surface area (Å²) in [5.41, 5.74) is 7.56. The van der Waals surface area contributed by atoms with Crippen LogP contribution in [0.5, 0.6) is 0 Å². The van der Waals surface area contributed by atoms with E-state index in [1.54, 1.807) is 0 Å². The number of nitrogens with one attached hydrogen (secondary N) is 1. The van der Waals surface area contributed by atoms with Gasteiger partial charge in [0.25, 0.3) is 5.91 Å². The molecule has 0 saturated carbocycles. The van der Waals surface area contributed by atoms with Crippen LogP contribution >= 0.6 is 0 Å². The van der Waals surface area contributed by atoms with Gasteiger partial charge in [-0.15, -0.1) is 0 Å². The molecule has 1 aromatic carbocycles. The highest BCUT2D eigenvalue weighted by Gasteiger charge is 2.18. The fourth-order valence-corrected chi connectivity index (χ4v) is 1.79. The summed E-state index contributed by atoms with van der Waals surface area (Å²) in [6.07, 6.45) is 1.90. The van der Waals surface area contributed by atoms with Gasteiger partial charge in [0.15, 0.2) is 0 Å². The van der Waals surface area contributed by atoms with E-state index in [1.165, 1.54) is 5.56 Å². The van der Waals surface area contributed by atoms with Crippen molar-refractivity contribution in [3.63, 3.8) is 0 Å². The van der Waals surface area contributed by atoms with Crippen molar-refractivity contribution in [3.8, 4) is 0 Å². The number of nitrogens with two attached hydrogens (primary N) is 1. The summed E-state index contributed by atoms with van der Waals surface area (Å²) in [5.74, 6) is -0.0113. The standard InChI is InChI=1S/C15H24N2O/c1-4-12-5-7-13(8-6-12)14(18)17-11-15(2,3)9-10-16/h5-8H,4,9-11,16H2,1-3H3,(H,17,18). The molecule has 3 heteroatoms. The molecule has 0 heterocycles. The van der Waals surface area contributed by atoms with Gasteiger partial charge in [-0.1, -0.05) is 32.9 Å². The Hall–Kier alpha value is -1.35. The number of aryl methyl sites for hydroxylation is 1. The Balaban J connectivity index is 2.54. The van der Waals surface area contributed by atoms with Crippen LogP contribution in [0.15, 0.2) is 24.3 Å². The second-order valence-electron chi connectivity index (χ2n) is 5.44. The molecule has 3 N–H and O–H groups in total. The molecular weight excluding hydrogens is 224 g/mol. The molecule has 18 heavy (non-hydrogen) atoms. The van der Waals surface area contributed by atoms with E-state index in [0.29, 0.717) is 13.1 Å². The van der Waals surface area contributed by atoms with Gasteiger partial charge < -0.3 is 11.1 Å². The van der Waals surface area contributed by atoms with E-state index >= 15 is 0 Å².